The van der Waals surface area contributed by atoms with Crippen LogP contribution in [0.2, 0.25) is 0 Å². The minimum Gasteiger partial charge on any atom is -0.493 e. The Kier molecular flexibility index (Phi) is 7.59. The van der Waals surface area contributed by atoms with Gasteiger partial charge in [0.1, 0.15) is 0 Å². The van der Waals surface area contributed by atoms with Gasteiger partial charge in [-0.15, -0.1) is 0 Å². The number of hydrogen-bond donors (Lipinski definition) is 1. The van der Waals surface area contributed by atoms with Crippen LogP contribution in [0, 0.1) is 0 Å². The highest BCUT2D eigenvalue weighted by atomic mass is 16.5. The van der Waals surface area contributed by atoms with Gasteiger partial charge in [0.25, 0.3) is 0 Å². The zero-order chi connectivity index (χ0) is 18.2. The van der Waals surface area contributed by atoms with E-state index in [0.717, 1.165) is 57.2 Å². The van der Waals surface area contributed by atoms with E-state index in [1.54, 1.807) is 14.2 Å². The maximum atomic E-state index is 5.53. The predicted molar refractivity (Wildman–Crippen MR) is 104 cm³/mol. The SMILES string of the molecule is COc1ccc(CCCN[C@H]2CCCCC2N2CCOCC2)cc1OC. The minimum atomic E-state index is 0.632. The van der Waals surface area contributed by atoms with Crippen LogP contribution in [0.15, 0.2) is 18.2 Å². The molecule has 1 aromatic rings. The second kappa shape index (κ2) is 10.1. The fourth-order valence-corrected chi connectivity index (χ4v) is 4.31. The average molecular weight is 363 g/mol. The molecule has 1 N–H and O–H groups in total. The normalized spacial score (nSPS) is 24.4. The van der Waals surface area contributed by atoms with Crippen molar-refractivity contribution in [3.05, 3.63) is 23.8 Å². The summed E-state index contributed by atoms with van der Waals surface area (Å²) in [6.07, 6.45) is 7.55. The van der Waals surface area contributed by atoms with Crippen molar-refractivity contribution >= 4 is 0 Å². The smallest absolute Gasteiger partial charge is 0.160 e. The number of rotatable bonds is 8. The van der Waals surface area contributed by atoms with Gasteiger partial charge in [0.2, 0.25) is 0 Å². The fraction of sp³-hybridized carbons (Fsp3) is 0.714. The van der Waals surface area contributed by atoms with Gasteiger partial charge in [-0.2, -0.15) is 0 Å². The number of benzene rings is 1. The Balaban J connectivity index is 1.46. The zero-order valence-electron chi connectivity index (χ0n) is 16.3. The van der Waals surface area contributed by atoms with Gasteiger partial charge >= 0.3 is 0 Å². The molecule has 26 heavy (non-hydrogen) atoms. The van der Waals surface area contributed by atoms with Crippen molar-refractivity contribution in [3.63, 3.8) is 0 Å². The lowest BCUT2D eigenvalue weighted by Crippen LogP contribution is -2.55. The van der Waals surface area contributed by atoms with E-state index in [-0.39, 0.29) is 0 Å². The third-order valence-corrected chi connectivity index (χ3v) is 5.74. The lowest BCUT2D eigenvalue weighted by molar-refractivity contribution is -0.000241. The van der Waals surface area contributed by atoms with E-state index in [1.165, 1.54) is 31.2 Å². The van der Waals surface area contributed by atoms with Gasteiger partial charge in [0.05, 0.1) is 27.4 Å². The first-order chi connectivity index (χ1) is 12.8. The van der Waals surface area contributed by atoms with Crippen molar-refractivity contribution < 1.29 is 14.2 Å². The first-order valence-electron chi connectivity index (χ1n) is 10.1. The molecule has 2 atom stereocenters. The largest absolute Gasteiger partial charge is 0.493 e. The molecule has 1 unspecified atom stereocenters. The van der Waals surface area contributed by atoms with Crippen LogP contribution in [0.4, 0.5) is 0 Å². The van der Waals surface area contributed by atoms with Crippen molar-refractivity contribution in [1.29, 1.82) is 0 Å². The summed E-state index contributed by atoms with van der Waals surface area (Å²) in [5, 5.41) is 3.85. The second-order valence-electron chi connectivity index (χ2n) is 7.35. The first-order valence-corrected chi connectivity index (χ1v) is 10.1. The van der Waals surface area contributed by atoms with E-state index in [0.29, 0.717) is 12.1 Å². The maximum absolute atomic E-state index is 5.53. The summed E-state index contributed by atoms with van der Waals surface area (Å²) in [6.45, 7) is 5.04. The number of methoxy groups -OCH3 is 2. The van der Waals surface area contributed by atoms with E-state index >= 15 is 0 Å². The molecule has 146 valence electrons. The maximum Gasteiger partial charge on any atom is 0.160 e. The second-order valence-corrected chi connectivity index (χ2v) is 7.35. The van der Waals surface area contributed by atoms with Gasteiger partial charge in [-0.1, -0.05) is 18.9 Å². The van der Waals surface area contributed by atoms with E-state index in [9.17, 15) is 0 Å². The highest BCUT2D eigenvalue weighted by molar-refractivity contribution is 5.42. The number of morpholine rings is 1. The summed E-state index contributed by atoms with van der Waals surface area (Å²) in [5.41, 5.74) is 1.30. The molecule has 0 spiro atoms. The molecule has 5 nitrogen and oxygen atoms in total. The van der Waals surface area contributed by atoms with Gasteiger partial charge in [-0.3, -0.25) is 4.90 Å². The number of hydrogen-bond acceptors (Lipinski definition) is 5. The fourth-order valence-electron chi connectivity index (χ4n) is 4.31. The summed E-state index contributed by atoms with van der Waals surface area (Å²) in [7, 11) is 3.37. The highest BCUT2D eigenvalue weighted by Crippen LogP contribution is 2.28. The van der Waals surface area contributed by atoms with Crippen molar-refractivity contribution in [1.82, 2.24) is 10.2 Å². The molecule has 0 amide bonds. The Morgan fingerprint density at radius 2 is 1.85 bits per heavy atom. The Morgan fingerprint density at radius 1 is 1.08 bits per heavy atom. The van der Waals surface area contributed by atoms with Crippen LogP contribution in [0.25, 0.3) is 0 Å². The van der Waals surface area contributed by atoms with Crippen LogP contribution in [-0.4, -0.2) is 64.1 Å². The van der Waals surface area contributed by atoms with Crippen molar-refractivity contribution in [2.75, 3.05) is 47.1 Å². The van der Waals surface area contributed by atoms with E-state index < -0.39 is 0 Å². The van der Waals surface area contributed by atoms with E-state index in [4.69, 9.17) is 14.2 Å². The Labute approximate surface area is 158 Å². The molecule has 3 rings (SSSR count). The van der Waals surface area contributed by atoms with Crippen LogP contribution < -0.4 is 14.8 Å². The van der Waals surface area contributed by atoms with Gasteiger partial charge in [-0.25, -0.2) is 0 Å². The molecule has 1 saturated carbocycles. The minimum absolute atomic E-state index is 0.632. The van der Waals surface area contributed by atoms with Gasteiger partial charge in [-0.05, 0) is 49.9 Å². The molecular formula is C21H34N2O3. The summed E-state index contributed by atoms with van der Waals surface area (Å²) < 4.78 is 16.2. The molecule has 2 aliphatic rings. The van der Waals surface area contributed by atoms with Crippen LogP contribution in [-0.2, 0) is 11.2 Å². The molecule has 0 radical (unpaired) electrons. The van der Waals surface area contributed by atoms with Gasteiger partial charge in [0.15, 0.2) is 11.5 Å². The molecule has 1 aromatic carbocycles. The molecule has 5 heteroatoms. The lowest BCUT2D eigenvalue weighted by atomic mass is 9.88. The third-order valence-electron chi connectivity index (χ3n) is 5.74. The molecule has 0 bridgehead atoms. The average Bonchev–Trinajstić information content (AvgIpc) is 2.72. The van der Waals surface area contributed by atoms with Crippen LogP contribution in [0.5, 0.6) is 11.5 Å². The van der Waals surface area contributed by atoms with Crippen molar-refractivity contribution in [2.45, 2.75) is 50.6 Å². The molecule has 1 saturated heterocycles. The molecule has 1 aliphatic heterocycles. The zero-order valence-corrected chi connectivity index (χ0v) is 16.3. The van der Waals surface area contributed by atoms with Crippen molar-refractivity contribution in [2.24, 2.45) is 0 Å². The summed E-state index contributed by atoms with van der Waals surface area (Å²) in [6, 6.07) is 7.55. The van der Waals surface area contributed by atoms with Crippen LogP contribution in [0.1, 0.15) is 37.7 Å². The van der Waals surface area contributed by atoms with Crippen molar-refractivity contribution in [3.8, 4) is 11.5 Å². The van der Waals surface area contributed by atoms with Gasteiger partial charge < -0.3 is 19.5 Å². The molecule has 0 aromatic heterocycles. The molecule has 1 aliphatic carbocycles. The van der Waals surface area contributed by atoms with Crippen LogP contribution in [0.3, 0.4) is 0 Å². The standard InChI is InChI=1S/C21H34N2O3/c1-24-20-10-9-17(16-21(20)25-2)6-5-11-22-18-7-3-4-8-19(18)23-12-14-26-15-13-23/h9-10,16,18-19,22H,3-8,11-15H2,1-2H3/t18-,19?/m0/s1. The number of aryl methyl sites for hydroxylation is 1. The Morgan fingerprint density at radius 3 is 2.62 bits per heavy atom. The summed E-state index contributed by atoms with van der Waals surface area (Å²) in [5.74, 6) is 1.61. The monoisotopic (exact) mass is 362 g/mol. The van der Waals surface area contributed by atoms with E-state index in [2.05, 4.69) is 22.3 Å². The first kappa shape index (κ1) is 19.5. The topological polar surface area (TPSA) is 43.0 Å². The quantitative estimate of drug-likeness (QED) is 0.721. The predicted octanol–water partition coefficient (Wildman–Crippen LogP) is 2.87. The number of ether oxygens (including phenoxy) is 3. The Hall–Kier alpha value is -1.30. The summed E-state index contributed by atoms with van der Waals surface area (Å²) >= 11 is 0. The number of nitrogens with one attached hydrogen (secondary N) is 1. The van der Waals surface area contributed by atoms with E-state index in [1.807, 2.05) is 6.07 Å². The summed E-state index contributed by atoms with van der Waals surface area (Å²) in [4.78, 5) is 2.65. The third kappa shape index (κ3) is 5.12. The highest BCUT2D eigenvalue weighted by Gasteiger charge is 2.30. The molecular weight excluding hydrogens is 328 g/mol. The van der Waals surface area contributed by atoms with Crippen LogP contribution >= 0.6 is 0 Å². The Bertz CT molecular complexity index is 546. The number of nitrogens with zero attached hydrogens (tertiary/aromatic N) is 1. The molecule has 2 fully saturated rings. The molecule has 1 heterocycles. The lowest BCUT2D eigenvalue weighted by Gasteiger charge is -2.42. The van der Waals surface area contributed by atoms with Gasteiger partial charge in [0, 0.05) is 25.2 Å².